The highest BCUT2D eigenvalue weighted by atomic mass is 16.1. The number of Topliss-reactive ketones (excluding diaryl/α,β-unsaturated/α-hetero) is 1. The number of hydrogen-bond acceptors (Lipinski definition) is 5. The number of carbonyl (C=O) groups is 1. The SMILES string of the molecule is Cn1nnc(CC(=O)c2cnn(-c3ccccc3)c2)n1. The van der Waals surface area contributed by atoms with Gasteiger partial charge in [-0.05, 0) is 17.3 Å². The summed E-state index contributed by atoms with van der Waals surface area (Å²) in [6, 6.07) is 9.61. The first kappa shape index (κ1) is 12.2. The molecule has 0 aliphatic heterocycles. The van der Waals surface area contributed by atoms with Crippen LogP contribution < -0.4 is 0 Å². The monoisotopic (exact) mass is 268 g/mol. The molecule has 0 fully saturated rings. The third kappa shape index (κ3) is 2.46. The van der Waals surface area contributed by atoms with Crippen molar-refractivity contribution in [2.24, 2.45) is 7.05 Å². The lowest BCUT2D eigenvalue weighted by molar-refractivity contribution is 0.0990. The number of aromatic nitrogens is 6. The summed E-state index contributed by atoms with van der Waals surface area (Å²) in [5.74, 6) is 0.324. The minimum absolute atomic E-state index is 0.0832. The Labute approximate surface area is 114 Å². The molecule has 0 radical (unpaired) electrons. The van der Waals surface area contributed by atoms with Crippen molar-refractivity contribution in [3.05, 3.63) is 54.1 Å². The Hall–Kier alpha value is -2.83. The van der Waals surface area contributed by atoms with Crippen LogP contribution in [0.25, 0.3) is 5.69 Å². The molecule has 2 aromatic heterocycles. The average molecular weight is 268 g/mol. The molecule has 0 spiro atoms. The van der Waals surface area contributed by atoms with Crippen LogP contribution in [-0.2, 0) is 13.5 Å². The van der Waals surface area contributed by atoms with Gasteiger partial charge in [0.25, 0.3) is 0 Å². The van der Waals surface area contributed by atoms with E-state index in [9.17, 15) is 4.79 Å². The molecule has 1 aromatic carbocycles. The highest BCUT2D eigenvalue weighted by Crippen LogP contribution is 2.09. The number of tetrazole rings is 1. The Balaban J connectivity index is 1.78. The number of carbonyl (C=O) groups excluding carboxylic acids is 1. The van der Waals surface area contributed by atoms with Crippen molar-refractivity contribution < 1.29 is 4.79 Å². The molecule has 0 saturated heterocycles. The molecular formula is C13H12N6O. The second-order valence-corrected chi connectivity index (χ2v) is 4.30. The lowest BCUT2D eigenvalue weighted by atomic mass is 10.2. The third-order valence-corrected chi connectivity index (χ3v) is 2.79. The summed E-state index contributed by atoms with van der Waals surface area (Å²) in [5, 5.41) is 15.7. The van der Waals surface area contributed by atoms with E-state index in [-0.39, 0.29) is 12.2 Å². The number of nitrogens with zero attached hydrogens (tertiary/aromatic N) is 6. The van der Waals surface area contributed by atoms with Gasteiger partial charge in [0.05, 0.1) is 30.9 Å². The van der Waals surface area contributed by atoms with Gasteiger partial charge in [0.1, 0.15) is 0 Å². The van der Waals surface area contributed by atoms with Gasteiger partial charge in [0, 0.05) is 6.20 Å². The van der Waals surface area contributed by atoms with Gasteiger partial charge >= 0.3 is 0 Å². The molecule has 20 heavy (non-hydrogen) atoms. The van der Waals surface area contributed by atoms with Crippen LogP contribution in [0.5, 0.6) is 0 Å². The molecule has 0 saturated carbocycles. The molecular weight excluding hydrogens is 256 g/mol. The Morgan fingerprint density at radius 2 is 2.05 bits per heavy atom. The smallest absolute Gasteiger partial charge is 0.182 e. The van der Waals surface area contributed by atoms with Crippen LogP contribution in [-0.4, -0.2) is 35.8 Å². The topological polar surface area (TPSA) is 78.5 Å². The first-order valence-electron chi connectivity index (χ1n) is 6.08. The van der Waals surface area contributed by atoms with Crippen molar-refractivity contribution in [2.75, 3.05) is 0 Å². The van der Waals surface area contributed by atoms with E-state index in [2.05, 4.69) is 20.5 Å². The van der Waals surface area contributed by atoms with E-state index in [1.165, 1.54) is 4.80 Å². The number of hydrogen-bond donors (Lipinski definition) is 0. The molecule has 100 valence electrons. The maximum absolute atomic E-state index is 12.1. The molecule has 0 bridgehead atoms. The fraction of sp³-hybridized carbons (Fsp3) is 0.154. The first-order valence-corrected chi connectivity index (χ1v) is 6.08. The summed E-state index contributed by atoms with van der Waals surface area (Å²) < 4.78 is 1.66. The quantitative estimate of drug-likeness (QED) is 0.655. The van der Waals surface area contributed by atoms with Gasteiger partial charge in [-0.3, -0.25) is 4.79 Å². The van der Waals surface area contributed by atoms with E-state index in [1.54, 1.807) is 24.1 Å². The summed E-state index contributed by atoms with van der Waals surface area (Å²) in [6.07, 6.45) is 3.37. The highest BCUT2D eigenvalue weighted by Gasteiger charge is 2.13. The van der Waals surface area contributed by atoms with Crippen LogP contribution >= 0.6 is 0 Å². The third-order valence-electron chi connectivity index (χ3n) is 2.79. The number of aryl methyl sites for hydroxylation is 1. The zero-order valence-electron chi connectivity index (χ0n) is 10.8. The van der Waals surface area contributed by atoms with E-state index in [0.29, 0.717) is 11.4 Å². The number of para-hydroxylation sites is 1. The van der Waals surface area contributed by atoms with Gasteiger partial charge in [0.2, 0.25) is 0 Å². The second-order valence-electron chi connectivity index (χ2n) is 4.30. The van der Waals surface area contributed by atoms with Gasteiger partial charge in [-0.2, -0.15) is 9.90 Å². The normalized spacial score (nSPS) is 10.7. The van der Waals surface area contributed by atoms with Crippen LogP contribution in [0.4, 0.5) is 0 Å². The van der Waals surface area contributed by atoms with Crippen molar-refractivity contribution in [3.8, 4) is 5.69 Å². The van der Waals surface area contributed by atoms with Crippen molar-refractivity contribution in [1.29, 1.82) is 0 Å². The maximum Gasteiger partial charge on any atom is 0.182 e. The molecule has 3 rings (SSSR count). The standard InChI is InChI=1S/C13H12N6O/c1-18-16-13(15-17-18)7-12(20)10-8-14-19(9-10)11-5-3-2-4-6-11/h2-6,8-9H,7H2,1H3. The molecule has 0 atom stereocenters. The van der Waals surface area contributed by atoms with Crippen molar-refractivity contribution in [2.45, 2.75) is 6.42 Å². The number of rotatable bonds is 4. The van der Waals surface area contributed by atoms with E-state index in [4.69, 9.17) is 0 Å². The minimum atomic E-state index is -0.0832. The van der Waals surface area contributed by atoms with Gasteiger partial charge in [-0.1, -0.05) is 18.2 Å². The van der Waals surface area contributed by atoms with Crippen LogP contribution in [0.2, 0.25) is 0 Å². The summed E-state index contributed by atoms with van der Waals surface area (Å²) in [4.78, 5) is 13.4. The molecule has 0 aliphatic rings. The summed E-state index contributed by atoms with van der Waals surface area (Å²) in [7, 11) is 1.66. The molecule has 0 aliphatic carbocycles. The lowest BCUT2D eigenvalue weighted by Gasteiger charge is -1.98. The summed E-state index contributed by atoms with van der Waals surface area (Å²) in [5.41, 5.74) is 1.44. The highest BCUT2D eigenvalue weighted by molar-refractivity contribution is 5.96. The fourth-order valence-corrected chi connectivity index (χ4v) is 1.83. The molecule has 0 unspecified atom stereocenters. The van der Waals surface area contributed by atoms with Gasteiger partial charge in [0.15, 0.2) is 11.6 Å². The van der Waals surface area contributed by atoms with Crippen molar-refractivity contribution >= 4 is 5.78 Å². The van der Waals surface area contributed by atoms with Gasteiger partial charge in [-0.25, -0.2) is 4.68 Å². The molecule has 0 N–H and O–H groups in total. The predicted octanol–water partition coefficient (Wildman–Crippen LogP) is 0.821. The van der Waals surface area contributed by atoms with E-state index < -0.39 is 0 Å². The average Bonchev–Trinajstić information content (AvgIpc) is 3.09. The second kappa shape index (κ2) is 5.04. The van der Waals surface area contributed by atoms with E-state index >= 15 is 0 Å². The van der Waals surface area contributed by atoms with Crippen molar-refractivity contribution in [3.63, 3.8) is 0 Å². The van der Waals surface area contributed by atoms with E-state index in [1.807, 2.05) is 30.3 Å². The summed E-state index contributed by atoms with van der Waals surface area (Å²) >= 11 is 0. The van der Waals surface area contributed by atoms with Crippen LogP contribution in [0, 0.1) is 0 Å². The zero-order valence-corrected chi connectivity index (χ0v) is 10.8. The largest absolute Gasteiger partial charge is 0.294 e. The number of benzene rings is 1. The van der Waals surface area contributed by atoms with Gasteiger partial charge < -0.3 is 0 Å². The van der Waals surface area contributed by atoms with E-state index in [0.717, 1.165) is 5.69 Å². The van der Waals surface area contributed by atoms with Crippen LogP contribution in [0.3, 0.4) is 0 Å². The Bertz CT molecular complexity index is 730. The fourth-order valence-electron chi connectivity index (χ4n) is 1.83. The Morgan fingerprint density at radius 1 is 1.25 bits per heavy atom. The molecule has 7 heteroatoms. The minimum Gasteiger partial charge on any atom is -0.294 e. The summed E-state index contributed by atoms with van der Waals surface area (Å²) in [6.45, 7) is 0. The lowest BCUT2D eigenvalue weighted by Crippen LogP contribution is -2.04. The van der Waals surface area contributed by atoms with Crippen molar-refractivity contribution in [1.82, 2.24) is 30.0 Å². The zero-order chi connectivity index (χ0) is 13.9. The molecule has 3 aromatic rings. The van der Waals surface area contributed by atoms with Crippen LogP contribution in [0.1, 0.15) is 16.2 Å². The first-order chi connectivity index (χ1) is 9.72. The molecule has 7 nitrogen and oxygen atoms in total. The van der Waals surface area contributed by atoms with Gasteiger partial charge in [-0.15, -0.1) is 10.2 Å². The number of ketones is 1. The predicted molar refractivity (Wildman–Crippen MR) is 70.4 cm³/mol. The molecule has 0 amide bonds. The maximum atomic E-state index is 12.1. The van der Waals surface area contributed by atoms with Crippen LogP contribution in [0.15, 0.2) is 42.7 Å². The Morgan fingerprint density at radius 3 is 2.75 bits per heavy atom. The Kier molecular flexibility index (Phi) is 3.08. The molecule has 2 heterocycles.